The predicted octanol–water partition coefficient (Wildman–Crippen LogP) is 2.03. The smallest absolute Gasteiger partial charge is 0.241 e. The average molecular weight is 262 g/mol. The number of anilines is 1. The highest BCUT2D eigenvalue weighted by molar-refractivity contribution is 5.94. The van der Waals surface area contributed by atoms with Crippen molar-refractivity contribution in [3.63, 3.8) is 0 Å². The standard InChI is InChI=1S/C15H22N2O2/c1-11(13-8-9-19-10-13)16-12(2)15(18)17-14-6-4-3-5-7-14/h3-7,11-13,16H,8-10H2,1-2H3,(H,17,18). The molecule has 1 saturated heterocycles. The van der Waals surface area contributed by atoms with Gasteiger partial charge in [0.25, 0.3) is 0 Å². The minimum Gasteiger partial charge on any atom is -0.381 e. The van der Waals surface area contributed by atoms with E-state index in [9.17, 15) is 4.79 Å². The molecule has 3 atom stereocenters. The molecule has 3 unspecified atom stereocenters. The predicted molar refractivity (Wildman–Crippen MR) is 76.1 cm³/mol. The normalized spacial score (nSPS) is 21.9. The Balaban J connectivity index is 1.81. The highest BCUT2D eigenvalue weighted by Gasteiger charge is 2.25. The van der Waals surface area contributed by atoms with Gasteiger partial charge in [-0.2, -0.15) is 0 Å². The minimum absolute atomic E-state index is 0.00281. The lowest BCUT2D eigenvalue weighted by Gasteiger charge is -2.23. The first-order valence-electron chi connectivity index (χ1n) is 6.86. The Morgan fingerprint density at radius 1 is 1.32 bits per heavy atom. The number of amides is 1. The zero-order valence-corrected chi connectivity index (χ0v) is 11.6. The van der Waals surface area contributed by atoms with Gasteiger partial charge in [0.15, 0.2) is 0 Å². The lowest BCUT2D eigenvalue weighted by Crippen LogP contribution is -2.45. The highest BCUT2D eigenvalue weighted by Crippen LogP contribution is 2.17. The molecular weight excluding hydrogens is 240 g/mol. The molecule has 4 heteroatoms. The molecule has 19 heavy (non-hydrogen) atoms. The summed E-state index contributed by atoms with van der Waals surface area (Å²) in [6, 6.07) is 9.60. The molecule has 1 aromatic rings. The third-order valence-corrected chi connectivity index (χ3v) is 3.62. The quantitative estimate of drug-likeness (QED) is 0.853. The van der Waals surface area contributed by atoms with Gasteiger partial charge in [-0.1, -0.05) is 18.2 Å². The SMILES string of the molecule is CC(NC(C)C1CCOC1)C(=O)Nc1ccccc1. The van der Waals surface area contributed by atoms with Gasteiger partial charge >= 0.3 is 0 Å². The maximum atomic E-state index is 12.1. The molecule has 1 aliphatic rings. The molecule has 1 fully saturated rings. The van der Waals surface area contributed by atoms with Crippen LogP contribution in [0.4, 0.5) is 5.69 Å². The number of carbonyl (C=O) groups is 1. The van der Waals surface area contributed by atoms with Crippen molar-refractivity contribution < 1.29 is 9.53 Å². The fourth-order valence-electron chi connectivity index (χ4n) is 2.33. The van der Waals surface area contributed by atoms with Gasteiger partial charge in [0.1, 0.15) is 0 Å². The van der Waals surface area contributed by atoms with Crippen molar-refractivity contribution in [1.82, 2.24) is 5.32 Å². The van der Waals surface area contributed by atoms with Crippen LogP contribution < -0.4 is 10.6 Å². The van der Waals surface area contributed by atoms with E-state index in [-0.39, 0.29) is 11.9 Å². The van der Waals surface area contributed by atoms with Gasteiger partial charge in [-0.05, 0) is 38.3 Å². The molecule has 0 spiro atoms. The second-order valence-corrected chi connectivity index (χ2v) is 5.16. The Morgan fingerprint density at radius 3 is 2.68 bits per heavy atom. The first-order valence-corrected chi connectivity index (χ1v) is 6.86. The molecular formula is C15H22N2O2. The second-order valence-electron chi connectivity index (χ2n) is 5.16. The molecule has 0 saturated carbocycles. The summed E-state index contributed by atoms with van der Waals surface area (Å²) in [7, 11) is 0. The minimum atomic E-state index is -0.212. The molecule has 1 amide bonds. The number of ether oxygens (including phenoxy) is 1. The van der Waals surface area contributed by atoms with Crippen LogP contribution in [0.1, 0.15) is 20.3 Å². The van der Waals surface area contributed by atoms with Crippen molar-refractivity contribution >= 4 is 11.6 Å². The number of hydrogen-bond donors (Lipinski definition) is 2. The van der Waals surface area contributed by atoms with Crippen LogP contribution >= 0.6 is 0 Å². The van der Waals surface area contributed by atoms with Crippen LogP contribution in [0.15, 0.2) is 30.3 Å². The van der Waals surface area contributed by atoms with Crippen LogP contribution in [0.25, 0.3) is 0 Å². The van der Waals surface area contributed by atoms with E-state index in [1.807, 2.05) is 37.3 Å². The third-order valence-electron chi connectivity index (χ3n) is 3.62. The fourth-order valence-corrected chi connectivity index (χ4v) is 2.33. The molecule has 0 bridgehead atoms. The van der Waals surface area contributed by atoms with Crippen LogP contribution in [0.5, 0.6) is 0 Å². The lowest BCUT2D eigenvalue weighted by atomic mass is 10.00. The monoisotopic (exact) mass is 262 g/mol. The van der Waals surface area contributed by atoms with E-state index in [0.717, 1.165) is 25.3 Å². The van der Waals surface area contributed by atoms with Crippen LogP contribution in [-0.4, -0.2) is 31.2 Å². The van der Waals surface area contributed by atoms with Crippen LogP contribution in [0.2, 0.25) is 0 Å². The summed E-state index contributed by atoms with van der Waals surface area (Å²) in [5.41, 5.74) is 0.831. The molecule has 1 aliphatic heterocycles. The van der Waals surface area contributed by atoms with E-state index >= 15 is 0 Å². The maximum Gasteiger partial charge on any atom is 0.241 e. The van der Waals surface area contributed by atoms with Crippen molar-refractivity contribution in [2.75, 3.05) is 18.5 Å². The Bertz CT molecular complexity index is 402. The Morgan fingerprint density at radius 2 is 2.05 bits per heavy atom. The zero-order valence-electron chi connectivity index (χ0n) is 11.6. The summed E-state index contributed by atoms with van der Waals surface area (Å²) in [4.78, 5) is 12.1. The van der Waals surface area contributed by atoms with E-state index in [0.29, 0.717) is 12.0 Å². The van der Waals surface area contributed by atoms with Crippen LogP contribution in [-0.2, 0) is 9.53 Å². The number of benzene rings is 1. The molecule has 1 heterocycles. The van der Waals surface area contributed by atoms with Crippen molar-refractivity contribution in [2.45, 2.75) is 32.4 Å². The van der Waals surface area contributed by atoms with E-state index < -0.39 is 0 Å². The molecule has 0 aliphatic carbocycles. The summed E-state index contributed by atoms with van der Waals surface area (Å²) in [6.07, 6.45) is 1.07. The summed E-state index contributed by atoms with van der Waals surface area (Å²) < 4.78 is 5.38. The largest absolute Gasteiger partial charge is 0.381 e. The zero-order chi connectivity index (χ0) is 13.7. The first-order chi connectivity index (χ1) is 9.16. The summed E-state index contributed by atoms with van der Waals surface area (Å²) in [5.74, 6) is 0.504. The summed E-state index contributed by atoms with van der Waals surface area (Å²) in [6.45, 7) is 5.64. The Labute approximate surface area is 114 Å². The molecule has 104 valence electrons. The van der Waals surface area contributed by atoms with E-state index in [2.05, 4.69) is 17.6 Å². The van der Waals surface area contributed by atoms with Crippen LogP contribution in [0, 0.1) is 5.92 Å². The number of para-hydroxylation sites is 1. The fraction of sp³-hybridized carbons (Fsp3) is 0.533. The van der Waals surface area contributed by atoms with Crippen molar-refractivity contribution in [3.8, 4) is 0 Å². The Hall–Kier alpha value is -1.39. The Kier molecular flexibility index (Phi) is 4.93. The number of carbonyl (C=O) groups excluding carboxylic acids is 1. The molecule has 1 aromatic carbocycles. The summed E-state index contributed by atoms with van der Waals surface area (Å²) >= 11 is 0. The number of hydrogen-bond acceptors (Lipinski definition) is 3. The second kappa shape index (κ2) is 6.68. The first kappa shape index (κ1) is 14.0. The van der Waals surface area contributed by atoms with Crippen molar-refractivity contribution in [3.05, 3.63) is 30.3 Å². The van der Waals surface area contributed by atoms with Crippen molar-refractivity contribution in [1.29, 1.82) is 0 Å². The van der Waals surface area contributed by atoms with Gasteiger partial charge in [-0.3, -0.25) is 4.79 Å². The molecule has 4 nitrogen and oxygen atoms in total. The molecule has 2 rings (SSSR count). The average Bonchev–Trinajstić information content (AvgIpc) is 2.93. The number of rotatable bonds is 5. The van der Waals surface area contributed by atoms with E-state index in [4.69, 9.17) is 4.74 Å². The topological polar surface area (TPSA) is 50.4 Å². The molecule has 2 N–H and O–H groups in total. The number of nitrogens with one attached hydrogen (secondary N) is 2. The lowest BCUT2D eigenvalue weighted by molar-refractivity contribution is -0.118. The molecule has 0 aromatic heterocycles. The third kappa shape index (κ3) is 4.04. The molecule has 0 radical (unpaired) electrons. The van der Waals surface area contributed by atoms with Gasteiger partial charge in [0.2, 0.25) is 5.91 Å². The summed E-state index contributed by atoms with van der Waals surface area (Å²) in [5, 5.41) is 6.25. The highest BCUT2D eigenvalue weighted by atomic mass is 16.5. The van der Waals surface area contributed by atoms with Gasteiger partial charge in [-0.15, -0.1) is 0 Å². The van der Waals surface area contributed by atoms with E-state index in [1.54, 1.807) is 0 Å². The van der Waals surface area contributed by atoms with Gasteiger partial charge in [0.05, 0.1) is 12.6 Å². The van der Waals surface area contributed by atoms with Crippen LogP contribution in [0.3, 0.4) is 0 Å². The maximum absolute atomic E-state index is 12.1. The van der Waals surface area contributed by atoms with E-state index in [1.165, 1.54) is 0 Å². The van der Waals surface area contributed by atoms with Gasteiger partial charge in [-0.25, -0.2) is 0 Å². The van der Waals surface area contributed by atoms with Gasteiger partial charge < -0.3 is 15.4 Å². The van der Waals surface area contributed by atoms with Gasteiger partial charge in [0, 0.05) is 18.3 Å². The van der Waals surface area contributed by atoms with Crippen molar-refractivity contribution in [2.24, 2.45) is 5.92 Å².